The molecule has 2 heterocycles. The number of nitrogens with zero attached hydrogens (tertiary/aromatic N) is 1. The van der Waals surface area contributed by atoms with Gasteiger partial charge in [0.25, 0.3) is 5.78 Å². The molecule has 0 spiro atoms. The number of fused-ring (bicyclic) bond motifs is 1. The number of hydrogen-bond acceptors (Lipinski definition) is 2. The fourth-order valence-electron chi connectivity index (χ4n) is 2.90. The highest BCUT2D eigenvalue weighted by Crippen LogP contribution is 2.35. The molecule has 0 saturated carbocycles. The van der Waals surface area contributed by atoms with Crippen LogP contribution in [0.4, 0.5) is 5.69 Å². The van der Waals surface area contributed by atoms with Crippen LogP contribution in [0.5, 0.6) is 0 Å². The number of rotatable bonds is 2. The van der Waals surface area contributed by atoms with E-state index in [-0.39, 0.29) is 11.7 Å². The van der Waals surface area contributed by atoms with E-state index < -0.39 is 0 Å². The smallest absolute Gasteiger partial charge is 0.303 e. The zero-order chi connectivity index (χ0) is 13.4. The number of nitrogens with one attached hydrogen (secondary N) is 1. The van der Waals surface area contributed by atoms with Crippen LogP contribution in [0, 0.1) is 0 Å². The third kappa shape index (κ3) is 2.21. The Morgan fingerprint density at radius 1 is 1.16 bits per heavy atom. The van der Waals surface area contributed by atoms with E-state index >= 15 is 0 Å². The summed E-state index contributed by atoms with van der Waals surface area (Å²) in [6.45, 7) is 2.76. The summed E-state index contributed by atoms with van der Waals surface area (Å²) >= 11 is 3.45. The fraction of sp³-hybridized carbons (Fsp3) is 0.429. The lowest BCUT2D eigenvalue weighted by Gasteiger charge is -2.28. The standard InChI is InChI=1S/C14H15BrN2O2/c15-11-6-4-5-10-12(11)17(14(19)13(10)18)9-16-7-2-1-3-8-16/h4-6H,1-3,7-9H2/p+1. The van der Waals surface area contributed by atoms with Gasteiger partial charge < -0.3 is 4.90 Å². The third-order valence-corrected chi connectivity index (χ3v) is 4.52. The average Bonchev–Trinajstić information content (AvgIpc) is 2.67. The normalized spacial score (nSPS) is 19.9. The van der Waals surface area contributed by atoms with Gasteiger partial charge in [-0.1, -0.05) is 6.07 Å². The predicted molar refractivity (Wildman–Crippen MR) is 75.4 cm³/mol. The summed E-state index contributed by atoms with van der Waals surface area (Å²) in [5, 5.41) is 0. The van der Waals surface area contributed by atoms with Crippen molar-refractivity contribution in [1.29, 1.82) is 0 Å². The van der Waals surface area contributed by atoms with E-state index in [2.05, 4.69) is 15.9 Å². The molecule has 19 heavy (non-hydrogen) atoms. The Morgan fingerprint density at radius 3 is 2.63 bits per heavy atom. The second-order valence-electron chi connectivity index (χ2n) is 5.17. The highest BCUT2D eigenvalue weighted by atomic mass is 79.9. The van der Waals surface area contributed by atoms with E-state index in [9.17, 15) is 9.59 Å². The van der Waals surface area contributed by atoms with E-state index in [0.29, 0.717) is 12.2 Å². The maximum Gasteiger partial charge on any atom is 0.303 e. The van der Waals surface area contributed by atoms with Crippen molar-refractivity contribution in [3.8, 4) is 0 Å². The van der Waals surface area contributed by atoms with Crippen molar-refractivity contribution in [3.05, 3.63) is 28.2 Å². The summed E-state index contributed by atoms with van der Waals surface area (Å²) in [5.74, 6) is -0.771. The third-order valence-electron chi connectivity index (χ3n) is 3.88. The summed E-state index contributed by atoms with van der Waals surface area (Å²) in [6, 6.07) is 5.40. The fourth-order valence-corrected chi connectivity index (χ4v) is 3.48. The molecular weight excluding hydrogens is 308 g/mol. The molecule has 1 saturated heterocycles. The van der Waals surface area contributed by atoms with Gasteiger partial charge in [-0.2, -0.15) is 0 Å². The Bertz CT molecular complexity index is 538. The Kier molecular flexibility index (Phi) is 3.41. The molecule has 3 rings (SSSR count). The molecule has 1 fully saturated rings. The first-order valence-corrected chi connectivity index (χ1v) is 7.46. The number of hydrogen-bond donors (Lipinski definition) is 1. The Morgan fingerprint density at radius 2 is 1.89 bits per heavy atom. The lowest BCUT2D eigenvalue weighted by molar-refractivity contribution is -0.903. The van der Waals surface area contributed by atoms with Crippen molar-refractivity contribution < 1.29 is 14.5 Å². The second kappa shape index (κ2) is 5.06. The SMILES string of the molecule is O=C1C(=O)N(C[NH+]2CCCCC2)c2c(Br)cccc21. The minimum absolute atomic E-state index is 0.382. The van der Waals surface area contributed by atoms with Gasteiger partial charge in [0.2, 0.25) is 0 Å². The van der Waals surface area contributed by atoms with Crippen molar-refractivity contribution in [2.75, 3.05) is 24.7 Å². The number of benzene rings is 1. The Balaban J connectivity index is 1.90. The number of ketones is 1. The average molecular weight is 324 g/mol. The Labute approximate surface area is 120 Å². The zero-order valence-electron chi connectivity index (χ0n) is 10.6. The van der Waals surface area contributed by atoms with Crippen LogP contribution in [0.15, 0.2) is 22.7 Å². The van der Waals surface area contributed by atoms with E-state index in [0.717, 1.165) is 23.2 Å². The first kappa shape index (κ1) is 12.8. The molecule has 0 aromatic heterocycles. The maximum atomic E-state index is 12.1. The van der Waals surface area contributed by atoms with Gasteiger partial charge in [-0.05, 0) is 47.3 Å². The van der Waals surface area contributed by atoms with E-state index in [4.69, 9.17) is 0 Å². The molecule has 1 amide bonds. The topological polar surface area (TPSA) is 41.8 Å². The van der Waals surface area contributed by atoms with Gasteiger partial charge >= 0.3 is 5.91 Å². The number of Topliss-reactive ketones (excluding diaryl/α,β-unsaturated/α-hetero) is 1. The van der Waals surface area contributed by atoms with Gasteiger partial charge in [0.1, 0.15) is 0 Å². The van der Waals surface area contributed by atoms with Gasteiger partial charge in [-0.15, -0.1) is 0 Å². The van der Waals surface area contributed by atoms with E-state index in [1.807, 2.05) is 6.07 Å². The van der Waals surface area contributed by atoms with Gasteiger partial charge in [0, 0.05) is 4.47 Å². The van der Waals surface area contributed by atoms with Gasteiger partial charge in [-0.25, -0.2) is 0 Å². The van der Waals surface area contributed by atoms with Crippen molar-refractivity contribution in [2.24, 2.45) is 0 Å². The quantitative estimate of drug-likeness (QED) is 0.825. The molecule has 2 aliphatic heterocycles. The molecule has 2 aliphatic rings. The molecule has 0 radical (unpaired) electrons. The number of piperidine rings is 1. The van der Waals surface area contributed by atoms with Crippen molar-refractivity contribution in [2.45, 2.75) is 19.3 Å². The van der Waals surface area contributed by atoms with Crippen LogP contribution in [0.25, 0.3) is 0 Å². The number of anilines is 1. The molecule has 100 valence electrons. The maximum absolute atomic E-state index is 12.1. The minimum atomic E-state index is -0.389. The molecule has 1 aromatic rings. The number of halogens is 1. The van der Waals surface area contributed by atoms with Crippen LogP contribution in [0.3, 0.4) is 0 Å². The van der Waals surface area contributed by atoms with E-state index in [1.54, 1.807) is 17.0 Å². The van der Waals surface area contributed by atoms with Crippen molar-refractivity contribution in [3.63, 3.8) is 0 Å². The van der Waals surface area contributed by atoms with Crippen LogP contribution < -0.4 is 9.80 Å². The van der Waals surface area contributed by atoms with Crippen molar-refractivity contribution >= 4 is 33.3 Å². The highest BCUT2D eigenvalue weighted by molar-refractivity contribution is 9.10. The molecule has 0 unspecified atom stereocenters. The van der Waals surface area contributed by atoms with Crippen LogP contribution >= 0.6 is 15.9 Å². The molecule has 4 nitrogen and oxygen atoms in total. The molecule has 0 atom stereocenters. The Hall–Kier alpha value is -1.20. The summed E-state index contributed by atoms with van der Waals surface area (Å²) in [4.78, 5) is 27.1. The molecule has 0 bridgehead atoms. The molecule has 0 aliphatic carbocycles. The number of para-hydroxylation sites is 1. The lowest BCUT2D eigenvalue weighted by Crippen LogP contribution is -3.14. The number of carbonyl (C=O) groups excluding carboxylic acids is 2. The minimum Gasteiger partial charge on any atom is -0.317 e. The van der Waals surface area contributed by atoms with Crippen molar-refractivity contribution in [1.82, 2.24) is 0 Å². The molecular formula is C14H16BrN2O2+. The molecule has 5 heteroatoms. The first-order valence-electron chi connectivity index (χ1n) is 6.67. The van der Waals surface area contributed by atoms with Gasteiger partial charge in [0.15, 0.2) is 6.67 Å². The predicted octanol–water partition coefficient (Wildman–Crippen LogP) is 1.00. The number of likely N-dealkylation sites (tertiary alicyclic amines) is 1. The summed E-state index contributed by atoms with van der Waals surface area (Å²) in [6.07, 6.45) is 3.68. The summed E-state index contributed by atoms with van der Waals surface area (Å²) in [5.41, 5.74) is 1.27. The number of quaternary nitrogens is 1. The molecule has 1 N–H and O–H groups in total. The highest BCUT2D eigenvalue weighted by Gasteiger charge is 2.39. The largest absolute Gasteiger partial charge is 0.317 e. The first-order chi connectivity index (χ1) is 9.18. The van der Waals surface area contributed by atoms with Crippen LogP contribution in [0.2, 0.25) is 0 Å². The van der Waals surface area contributed by atoms with Crippen LogP contribution in [-0.2, 0) is 4.79 Å². The summed E-state index contributed by atoms with van der Waals surface area (Å²) < 4.78 is 0.820. The zero-order valence-corrected chi connectivity index (χ0v) is 12.2. The van der Waals surface area contributed by atoms with Gasteiger partial charge in [0.05, 0.1) is 24.3 Å². The lowest BCUT2D eigenvalue weighted by atomic mass is 10.1. The van der Waals surface area contributed by atoms with Gasteiger partial charge in [-0.3, -0.25) is 14.5 Å². The molecule has 1 aromatic carbocycles. The number of amides is 1. The monoisotopic (exact) mass is 323 g/mol. The van der Waals surface area contributed by atoms with E-state index in [1.165, 1.54) is 24.2 Å². The van der Waals surface area contributed by atoms with Crippen LogP contribution in [0.1, 0.15) is 29.6 Å². The van der Waals surface area contributed by atoms with Crippen LogP contribution in [-0.4, -0.2) is 31.4 Å². The summed E-state index contributed by atoms with van der Waals surface area (Å²) in [7, 11) is 0. The second-order valence-corrected chi connectivity index (χ2v) is 6.02. The number of carbonyl (C=O) groups is 2.